The Balaban J connectivity index is 1.88. The van der Waals surface area contributed by atoms with Crippen LogP contribution in [0.4, 0.5) is 10.1 Å². The lowest BCUT2D eigenvalue weighted by Gasteiger charge is -2.14. The van der Waals surface area contributed by atoms with E-state index in [0.717, 1.165) is 4.57 Å². The Bertz CT molecular complexity index is 1300. The van der Waals surface area contributed by atoms with Gasteiger partial charge in [0, 0.05) is 11.9 Å². The van der Waals surface area contributed by atoms with Crippen molar-refractivity contribution in [3.63, 3.8) is 0 Å². The number of carbonyl (C=O) groups excluding carboxylic acids is 1. The van der Waals surface area contributed by atoms with E-state index in [0.29, 0.717) is 17.1 Å². The van der Waals surface area contributed by atoms with Gasteiger partial charge in [-0.25, -0.2) is 9.37 Å². The molecule has 150 valence electrons. The van der Waals surface area contributed by atoms with E-state index in [4.69, 9.17) is 4.74 Å². The van der Waals surface area contributed by atoms with E-state index in [2.05, 4.69) is 10.3 Å². The van der Waals surface area contributed by atoms with Crippen molar-refractivity contribution in [3.05, 3.63) is 88.6 Å². The SMILES string of the molecule is COc1ccc(NC(=O)c2c(O)c3cccnc3n(-c3ccc(F)cc3)c2=O)cc1. The molecule has 0 radical (unpaired) electrons. The standard InChI is InChI=1S/C22H16FN3O4/c1-30-16-10-6-14(7-11-16)25-21(28)18-19(27)17-3-2-12-24-20(17)26(22(18)29)15-8-4-13(23)5-9-15/h2-12,27H,1H3,(H,25,28). The summed E-state index contributed by atoms with van der Waals surface area (Å²) in [4.78, 5) is 30.3. The zero-order chi connectivity index (χ0) is 21.3. The monoisotopic (exact) mass is 405 g/mol. The van der Waals surface area contributed by atoms with Gasteiger partial charge in [0.2, 0.25) is 0 Å². The van der Waals surface area contributed by atoms with Gasteiger partial charge in [-0.05, 0) is 60.7 Å². The van der Waals surface area contributed by atoms with Crippen LogP contribution in [0.3, 0.4) is 0 Å². The third-order valence-electron chi connectivity index (χ3n) is 4.57. The summed E-state index contributed by atoms with van der Waals surface area (Å²) in [6, 6.07) is 14.8. The van der Waals surface area contributed by atoms with Gasteiger partial charge in [-0.15, -0.1) is 0 Å². The minimum Gasteiger partial charge on any atom is -0.506 e. The number of anilines is 1. The Morgan fingerprint density at radius 3 is 2.47 bits per heavy atom. The number of ether oxygens (including phenoxy) is 1. The van der Waals surface area contributed by atoms with Crippen LogP contribution in [-0.2, 0) is 0 Å². The summed E-state index contributed by atoms with van der Waals surface area (Å²) in [6.45, 7) is 0. The lowest BCUT2D eigenvalue weighted by molar-refractivity contribution is 0.102. The highest BCUT2D eigenvalue weighted by molar-refractivity contribution is 6.09. The molecular formula is C22H16FN3O4. The van der Waals surface area contributed by atoms with Crippen LogP contribution < -0.4 is 15.6 Å². The van der Waals surface area contributed by atoms with Gasteiger partial charge in [0.25, 0.3) is 11.5 Å². The predicted molar refractivity (Wildman–Crippen MR) is 110 cm³/mol. The first-order valence-corrected chi connectivity index (χ1v) is 8.93. The Hall–Kier alpha value is -4.20. The van der Waals surface area contributed by atoms with Gasteiger partial charge in [-0.2, -0.15) is 0 Å². The van der Waals surface area contributed by atoms with Crippen LogP contribution in [0.5, 0.6) is 11.5 Å². The number of aromatic hydroxyl groups is 1. The van der Waals surface area contributed by atoms with Gasteiger partial charge in [-0.3, -0.25) is 14.2 Å². The van der Waals surface area contributed by atoms with Gasteiger partial charge in [-0.1, -0.05) is 0 Å². The number of nitrogens with one attached hydrogen (secondary N) is 1. The molecule has 0 aliphatic carbocycles. The first-order chi connectivity index (χ1) is 14.5. The van der Waals surface area contributed by atoms with Crippen molar-refractivity contribution in [2.24, 2.45) is 0 Å². The summed E-state index contributed by atoms with van der Waals surface area (Å²) in [6.07, 6.45) is 1.46. The van der Waals surface area contributed by atoms with E-state index in [1.54, 1.807) is 36.4 Å². The van der Waals surface area contributed by atoms with Gasteiger partial charge in [0.1, 0.15) is 22.9 Å². The van der Waals surface area contributed by atoms with Crippen molar-refractivity contribution >= 4 is 22.6 Å². The van der Waals surface area contributed by atoms with Crippen molar-refractivity contribution in [3.8, 4) is 17.2 Å². The van der Waals surface area contributed by atoms with Gasteiger partial charge >= 0.3 is 0 Å². The second kappa shape index (κ2) is 7.67. The topological polar surface area (TPSA) is 93.4 Å². The van der Waals surface area contributed by atoms with E-state index in [1.807, 2.05) is 0 Å². The highest BCUT2D eigenvalue weighted by atomic mass is 19.1. The molecule has 0 saturated carbocycles. The van der Waals surface area contributed by atoms with Crippen LogP contribution >= 0.6 is 0 Å². The molecule has 2 N–H and O–H groups in total. The van der Waals surface area contributed by atoms with Crippen molar-refractivity contribution in [1.29, 1.82) is 0 Å². The van der Waals surface area contributed by atoms with Crippen LogP contribution in [0.1, 0.15) is 10.4 Å². The fourth-order valence-corrected chi connectivity index (χ4v) is 3.11. The maximum atomic E-state index is 13.4. The van der Waals surface area contributed by atoms with Crippen LogP contribution in [0.25, 0.3) is 16.7 Å². The van der Waals surface area contributed by atoms with E-state index in [1.165, 1.54) is 37.6 Å². The molecule has 0 aliphatic heterocycles. The number of carbonyl (C=O) groups is 1. The van der Waals surface area contributed by atoms with Crippen molar-refractivity contribution in [2.75, 3.05) is 12.4 Å². The molecule has 8 heteroatoms. The molecule has 0 saturated heterocycles. The maximum absolute atomic E-state index is 13.4. The van der Waals surface area contributed by atoms with Gasteiger partial charge in [0.15, 0.2) is 5.65 Å². The van der Waals surface area contributed by atoms with Crippen molar-refractivity contribution < 1.29 is 19.0 Å². The van der Waals surface area contributed by atoms with Gasteiger partial charge < -0.3 is 15.2 Å². The van der Waals surface area contributed by atoms with Crippen LogP contribution in [-0.4, -0.2) is 27.7 Å². The van der Waals surface area contributed by atoms with Gasteiger partial charge in [0.05, 0.1) is 18.2 Å². The number of pyridine rings is 2. The first-order valence-electron chi connectivity index (χ1n) is 8.93. The second-order valence-corrected chi connectivity index (χ2v) is 6.40. The maximum Gasteiger partial charge on any atom is 0.273 e. The zero-order valence-electron chi connectivity index (χ0n) is 15.8. The average Bonchev–Trinajstić information content (AvgIpc) is 2.76. The number of fused-ring (bicyclic) bond motifs is 1. The molecular weight excluding hydrogens is 389 g/mol. The number of benzene rings is 2. The molecule has 7 nitrogen and oxygen atoms in total. The molecule has 0 aliphatic rings. The summed E-state index contributed by atoms with van der Waals surface area (Å²) in [5.41, 5.74) is -0.359. The third kappa shape index (κ3) is 3.35. The van der Waals surface area contributed by atoms with E-state index in [-0.39, 0.29) is 11.0 Å². The summed E-state index contributed by atoms with van der Waals surface area (Å²) in [5.74, 6) is -1.14. The first kappa shape index (κ1) is 19.1. The zero-order valence-corrected chi connectivity index (χ0v) is 15.8. The Morgan fingerprint density at radius 2 is 1.80 bits per heavy atom. The molecule has 4 aromatic rings. The highest BCUT2D eigenvalue weighted by Crippen LogP contribution is 2.27. The number of hydrogen-bond acceptors (Lipinski definition) is 5. The number of nitrogens with zero attached hydrogens (tertiary/aromatic N) is 2. The fourth-order valence-electron chi connectivity index (χ4n) is 3.11. The smallest absolute Gasteiger partial charge is 0.273 e. The van der Waals surface area contributed by atoms with Crippen molar-refractivity contribution in [1.82, 2.24) is 9.55 Å². The number of halogens is 1. The van der Waals surface area contributed by atoms with Crippen LogP contribution in [0.2, 0.25) is 0 Å². The Kier molecular flexibility index (Phi) is 4.89. The summed E-state index contributed by atoms with van der Waals surface area (Å²) in [5, 5.41) is 13.5. The minimum atomic E-state index is -0.788. The number of amides is 1. The van der Waals surface area contributed by atoms with E-state index < -0.39 is 28.6 Å². The molecule has 30 heavy (non-hydrogen) atoms. The molecule has 0 spiro atoms. The number of rotatable bonds is 4. The van der Waals surface area contributed by atoms with Crippen molar-refractivity contribution in [2.45, 2.75) is 0 Å². The summed E-state index contributed by atoms with van der Waals surface area (Å²) in [7, 11) is 1.52. The highest BCUT2D eigenvalue weighted by Gasteiger charge is 2.23. The van der Waals surface area contributed by atoms with E-state index >= 15 is 0 Å². The molecule has 2 aromatic heterocycles. The minimum absolute atomic E-state index is 0.146. The molecule has 0 bridgehead atoms. The summed E-state index contributed by atoms with van der Waals surface area (Å²) < 4.78 is 19.6. The molecule has 2 aromatic carbocycles. The second-order valence-electron chi connectivity index (χ2n) is 6.40. The average molecular weight is 405 g/mol. The normalized spacial score (nSPS) is 10.7. The lowest BCUT2D eigenvalue weighted by Crippen LogP contribution is -2.29. The molecule has 0 fully saturated rings. The Labute approximate surface area is 170 Å². The summed E-state index contributed by atoms with van der Waals surface area (Å²) >= 11 is 0. The molecule has 1 amide bonds. The van der Waals surface area contributed by atoms with Crippen LogP contribution in [0, 0.1) is 5.82 Å². The molecule has 0 atom stereocenters. The lowest BCUT2D eigenvalue weighted by atomic mass is 10.1. The molecule has 0 unspecified atom stereocenters. The number of methoxy groups -OCH3 is 1. The van der Waals surface area contributed by atoms with E-state index in [9.17, 15) is 19.1 Å². The number of hydrogen-bond donors (Lipinski definition) is 2. The third-order valence-corrected chi connectivity index (χ3v) is 4.57. The predicted octanol–water partition coefficient (Wildman–Crippen LogP) is 3.49. The quantitative estimate of drug-likeness (QED) is 0.542. The fraction of sp³-hybridized carbons (Fsp3) is 0.0455. The van der Waals surface area contributed by atoms with Crippen LogP contribution in [0.15, 0.2) is 71.7 Å². The molecule has 2 heterocycles. The number of aromatic nitrogens is 2. The largest absolute Gasteiger partial charge is 0.506 e. The Morgan fingerprint density at radius 1 is 1.10 bits per heavy atom. The molecule has 4 rings (SSSR count).